The van der Waals surface area contributed by atoms with Gasteiger partial charge in [0, 0.05) is 11.5 Å². The summed E-state index contributed by atoms with van der Waals surface area (Å²) in [6.07, 6.45) is 2.97. The fraction of sp³-hybridized carbons (Fsp3) is 0.353. The van der Waals surface area contributed by atoms with E-state index in [2.05, 4.69) is 11.7 Å². The van der Waals surface area contributed by atoms with E-state index in [4.69, 9.17) is 4.74 Å². The monoisotopic (exact) mass is 570 g/mol. The molecule has 2 nitrogen and oxygen atoms in total. The number of unbranched alkanes of at least 4 members (excludes halogenated alkanes) is 4. The Morgan fingerprint density at radius 1 is 0.634 bits per heavy atom. The van der Waals surface area contributed by atoms with Crippen molar-refractivity contribution in [1.82, 2.24) is 0 Å². The first-order valence-electron chi connectivity index (χ1n) is 14.2. The third kappa shape index (κ3) is 9.20. The third-order valence-electron chi connectivity index (χ3n) is 7.16. The summed E-state index contributed by atoms with van der Waals surface area (Å²) in [5.74, 6) is -0.331. The summed E-state index contributed by atoms with van der Waals surface area (Å²) in [5, 5.41) is 1.27. The number of hydrogen-bond donors (Lipinski definition) is 0. The average molecular weight is 571 g/mol. The maximum atomic E-state index is 15.3. The fourth-order valence-electron chi connectivity index (χ4n) is 4.87. The molecule has 0 heterocycles. The van der Waals surface area contributed by atoms with E-state index in [1.54, 1.807) is 30.3 Å². The van der Waals surface area contributed by atoms with Crippen molar-refractivity contribution in [2.75, 3.05) is 6.61 Å². The molecule has 4 aromatic rings. The van der Waals surface area contributed by atoms with Gasteiger partial charge in [0.25, 0.3) is 0 Å². The lowest BCUT2D eigenvalue weighted by Gasteiger charge is -2.11. The van der Waals surface area contributed by atoms with E-state index >= 15 is 4.39 Å². The second kappa shape index (κ2) is 14.3. The summed E-state index contributed by atoms with van der Waals surface area (Å²) in [6, 6.07) is 19.8. The zero-order valence-electron chi connectivity index (χ0n) is 23.2. The topological polar surface area (TPSA) is 18.5 Å². The molecule has 4 aromatic carbocycles. The Labute approximate surface area is 238 Å². The SMILES string of the molecule is CCCCCCCOc1ccc(CCc2ccc3c(F)c(CCc4ccc(OC(F)(F)F)cc4)ccc3c2)c(F)c1. The van der Waals surface area contributed by atoms with Crippen LogP contribution in [0.4, 0.5) is 22.0 Å². The average Bonchev–Trinajstić information content (AvgIpc) is 2.94. The van der Waals surface area contributed by atoms with Crippen LogP contribution in [0.5, 0.6) is 11.5 Å². The minimum atomic E-state index is -4.74. The first kappa shape index (κ1) is 30.4. The summed E-state index contributed by atoms with van der Waals surface area (Å²) in [4.78, 5) is 0. The highest BCUT2D eigenvalue weighted by Gasteiger charge is 2.30. The number of hydrogen-bond acceptors (Lipinski definition) is 2. The molecule has 0 spiro atoms. The number of aryl methyl sites for hydroxylation is 4. The first-order valence-corrected chi connectivity index (χ1v) is 14.2. The van der Waals surface area contributed by atoms with Crippen molar-refractivity contribution in [3.05, 3.63) is 107 Å². The molecule has 0 aliphatic carbocycles. The van der Waals surface area contributed by atoms with Gasteiger partial charge in [0.2, 0.25) is 0 Å². The van der Waals surface area contributed by atoms with E-state index in [1.807, 2.05) is 24.3 Å². The normalized spacial score (nSPS) is 11.7. The molecule has 218 valence electrons. The Morgan fingerprint density at radius 3 is 2.02 bits per heavy atom. The first-order chi connectivity index (χ1) is 19.7. The molecule has 0 unspecified atom stereocenters. The van der Waals surface area contributed by atoms with E-state index in [0.717, 1.165) is 29.4 Å². The Morgan fingerprint density at radius 2 is 1.29 bits per heavy atom. The Hall–Kier alpha value is -3.61. The van der Waals surface area contributed by atoms with Gasteiger partial charge in [-0.1, -0.05) is 81.1 Å². The maximum Gasteiger partial charge on any atom is 0.573 e. The minimum Gasteiger partial charge on any atom is -0.493 e. The van der Waals surface area contributed by atoms with Crippen molar-refractivity contribution in [2.45, 2.75) is 71.1 Å². The van der Waals surface area contributed by atoms with E-state index in [0.29, 0.717) is 54.6 Å². The molecule has 4 rings (SSSR count). The second-order valence-electron chi connectivity index (χ2n) is 10.3. The highest BCUT2D eigenvalue weighted by atomic mass is 19.4. The van der Waals surface area contributed by atoms with E-state index < -0.39 is 6.36 Å². The molecule has 41 heavy (non-hydrogen) atoms. The zero-order valence-corrected chi connectivity index (χ0v) is 23.2. The van der Waals surface area contributed by atoms with Crippen LogP contribution >= 0.6 is 0 Å². The summed E-state index contributed by atoms with van der Waals surface area (Å²) in [7, 11) is 0. The van der Waals surface area contributed by atoms with Gasteiger partial charge in [-0.3, -0.25) is 0 Å². The van der Waals surface area contributed by atoms with E-state index in [-0.39, 0.29) is 17.4 Å². The van der Waals surface area contributed by atoms with Gasteiger partial charge in [0.15, 0.2) is 0 Å². The molecule has 0 fully saturated rings. The molecule has 0 aliphatic rings. The number of alkyl halides is 3. The largest absolute Gasteiger partial charge is 0.573 e. The highest BCUT2D eigenvalue weighted by Crippen LogP contribution is 2.26. The number of ether oxygens (including phenoxy) is 2. The van der Waals surface area contributed by atoms with Crippen LogP contribution in [0.2, 0.25) is 0 Å². The van der Waals surface area contributed by atoms with Crippen molar-refractivity contribution in [2.24, 2.45) is 0 Å². The second-order valence-corrected chi connectivity index (χ2v) is 10.3. The molecule has 0 bridgehead atoms. The molecular formula is C34H35F5O2. The number of halogens is 5. The quantitative estimate of drug-likeness (QED) is 0.111. The van der Waals surface area contributed by atoms with E-state index in [1.165, 1.54) is 37.5 Å². The van der Waals surface area contributed by atoms with Crippen LogP contribution in [-0.4, -0.2) is 13.0 Å². The molecule has 0 saturated heterocycles. The lowest BCUT2D eigenvalue weighted by molar-refractivity contribution is -0.274. The molecule has 0 saturated carbocycles. The molecular weight excluding hydrogens is 535 g/mol. The van der Waals surface area contributed by atoms with Crippen molar-refractivity contribution in [3.63, 3.8) is 0 Å². The Kier molecular flexibility index (Phi) is 10.6. The Bertz CT molecular complexity index is 1410. The fourth-order valence-corrected chi connectivity index (χ4v) is 4.87. The maximum absolute atomic E-state index is 15.3. The molecule has 0 aliphatic heterocycles. The van der Waals surface area contributed by atoms with Crippen LogP contribution < -0.4 is 9.47 Å². The van der Waals surface area contributed by atoms with Gasteiger partial charge >= 0.3 is 6.36 Å². The molecule has 0 amide bonds. The molecule has 0 radical (unpaired) electrons. The third-order valence-corrected chi connectivity index (χ3v) is 7.16. The van der Waals surface area contributed by atoms with Gasteiger partial charge < -0.3 is 9.47 Å². The predicted molar refractivity (Wildman–Crippen MR) is 153 cm³/mol. The molecule has 0 atom stereocenters. The van der Waals surface area contributed by atoms with Gasteiger partial charge in [-0.05, 0) is 77.9 Å². The van der Waals surface area contributed by atoms with Crippen LogP contribution in [-0.2, 0) is 25.7 Å². The van der Waals surface area contributed by atoms with Crippen molar-refractivity contribution < 1.29 is 31.4 Å². The lowest BCUT2D eigenvalue weighted by Crippen LogP contribution is -2.17. The van der Waals surface area contributed by atoms with Crippen molar-refractivity contribution in [1.29, 1.82) is 0 Å². The van der Waals surface area contributed by atoms with Crippen molar-refractivity contribution >= 4 is 10.8 Å². The van der Waals surface area contributed by atoms with Gasteiger partial charge in [-0.15, -0.1) is 13.2 Å². The van der Waals surface area contributed by atoms with Gasteiger partial charge in [0.1, 0.15) is 23.1 Å². The highest BCUT2D eigenvalue weighted by molar-refractivity contribution is 5.84. The van der Waals surface area contributed by atoms with Gasteiger partial charge in [0.05, 0.1) is 6.61 Å². The molecule has 0 N–H and O–H groups in total. The van der Waals surface area contributed by atoms with Crippen LogP contribution in [0, 0.1) is 11.6 Å². The predicted octanol–water partition coefficient (Wildman–Crippen LogP) is 9.94. The summed E-state index contributed by atoms with van der Waals surface area (Å²) in [6.45, 7) is 2.77. The van der Waals surface area contributed by atoms with Crippen LogP contribution in [0.3, 0.4) is 0 Å². The minimum absolute atomic E-state index is 0.285. The molecule has 7 heteroatoms. The zero-order chi connectivity index (χ0) is 29.2. The van der Waals surface area contributed by atoms with Crippen molar-refractivity contribution in [3.8, 4) is 11.5 Å². The number of rotatable bonds is 14. The van der Waals surface area contributed by atoms with Gasteiger partial charge in [-0.2, -0.15) is 0 Å². The Balaban J connectivity index is 1.31. The number of benzene rings is 4. The lowest BCUT2D eigenvalue weighted by atomic mass is 9.97. The van der Waals surface area contributed by atoms with Crippen LogP contribution in [0.15, 0.2) is 72.8 Å². The van der Waals surface area contributed by atoms with Gasteiger partial charge in [-0.25, -0.2) is 8.78 Å². The standard InChI is InChI=1S/C34H35F5O2/c1-2-3-4-5-6-21-40-30-19-16-26(32(35)23-30)12-8-25-11-20-31-28(22-25)15-14-27(33(31)36)13-7-24-9-17-29(18-10-24)41-34(37,38)39/h9-11,14-20,22-23H,2-8,12-13,21H2,1H3. The molecule has 0 aromatic heterocycles. The summed E-state index contributed by atoms with van der Waals surface area (Å²) in [5.41, 5.74) is 2.91. The smallest absolute Gasteiger partial charge is 0.493 e. The van der Waals surface area contributed by atoms with Crippen LogP contribution in [0.25, 0.3) is 10.8 Å². The van der Waals surface area contributed by atoms with E-state index in [9.17, 15) is 17.6 Å². The summed E-state index contributed by atoms with van der Waals surface area (Å²) >= 11 is 0. The van der Waals surface area contributed by atoms with Crippen LogP contribution in [0.1, 0.15) is 61.3 Å². The number of fused-ring (bicyclic) bond motifs is 1. The summed E-state index contributed by atoms with van der Waals surface area (Å²) < 4.78 is 76.6.